The van der Waals surface area contributed by atoms with Gasteiger partial charge in [-0.15, -0.1) is 0 Å². The Kier molecular flexibility index (Phi) is 4.22. The highest BCUT2D eigenvalue weighted by Gasteiger charge is 2.14. The van der Waals surface area contributed by atoms with Crippen LogP contribution in [0.15, 0.2) is 41.2 Å². The van der Waals surface area contributed by atoms with Crippen molar-refractivity contribution in [2.24, 2.45) is 14.1 Å². The van der Waals surface area contributed by atoms with E-state index in [1.807, 2.05) is 0 Å². The van der Waals surface area contributed by atoms with Gasteiger partial charge in [0.15, 0.2) is 0 Å². The second-order valence-electron chi connectivity index (χ2n) is 5.62. The van der Waals surface area contributed by atoms with Crippen molar-refractivity contribution in [3.05, 3.63) is 52.4 Å². The van der Waals surface area contributed by atoms with E-state index in [-0.39, 0.29) is 11.6 Å². The molecule has 0 saturated heterocycles. The van der Waals surface area contributed by atoms with Gasteiger partial charge in [0.05, 0.1) is 30.9 Å². The minimum Gasteiger partial charge on any atom is -0.497 e. The Bertz CT molecular complexity index is 1020. The summed E-state index contributed by atoms with van der Waals surface area (Å²) in [5.41, 5.74) is 2.27. The first kappa shape index (κ1) is 16.6. The standard InChI is InChI=1S/C18H19N3O4/c1-20-14-7-5-11(9-15(14)21(2)18(20)23)17(22)19-13-10-12(24-3)6-8-16(13)25-4/h5-10H,1-4H3,(H,19,22). The molecule has 1 aromatic heterocycles. The fourth-order valence-electron chi connectivity index (χ4n) is 2.75. The third kappa shape index (κ3) is 2.84. The summed E-state index contributed by atoms with van der Waals surface area (Å²) in [6.45, 7) is 0. The Hall–Kier alpha value is -3.22. The van der Waals surface area contributed by atoms with Gasteiger partial charge in [0, 0.05) is 25.7 Å². The number of nitrogens with zero attached hydrogens (tertiary/aromatic N) is 2. The maximum absolute atomic E-state index is 12.6. The van der Waals surface area contributed by atoms with Gasteiger partial charge in [0.2, 0.25) is 0 Å². The Morgan fingerprint density at radius 2 is 1.68 bits per heavy atom. The zero-order valence-corrected chi connectivity index (χ0v) is 14.5. The molecule has 0 atom stereocenters. The Morgan fingerprint density at radius 3 is 2.36 bits per heavy atom. The van der Waals surface area contributed by atoms with Crippen molar-refractivity contribution < 1.29 is 14.3 Å². The molecule has 0 aliphatic heterocycles. The van der Waals surface area contributed by atoms with Crippen LogP contribution in [0, 0.1) is 0 Å². The Labute approximate surface area is 144 Å². The second kappa shape index (κ2) is 6.35. The number of ether oxygens (including phenoxy) is 2. The van der Waals surface area contributed by atoms with E-state index in [2.05, 4.69) is 5.32 Å². The second-order valence-corrected chi connectivity index (χ2v) is 5.62. The van der Waals surface area contributed by atoms with Crippen molar-refractivity contribution in [2.45, 2.75) is 0 Å². The van der Waals surface area contributed by atoms with Crippen LogP contribution in [0.4, 0.5) is 5.69 Å². The lowest BCUT2D eigenvalue weighted by Crippen LogP contribution is -2.19. The molecule has 1 amide bonds. The summed E-state index contributed by atoms with van der Waals surface area (Å²) in [6.07, 6.45) is 0. The molecule has 0 bridgehead atoms. The van der Waals surface area contributed by atoms with Crippen molar-refractivity contribution in [3.8, 4) is 11.5 Å². The van der Waals surface area contributed by atoms with Crippen molar-refractivity contribution in [3.63, 3.8) is 0 Å². The number of benzene rings is 2. The molecule has 7 nitrogen and oxygen atoms in total. The van der Waals surface area contributed by atoms with E-state index in [1.165, 1.54) is 11.7 Å². The predicted octanol–water partition coefficient (Wildman–Crippen LogP) is 2.15. The fraction of sp³-hybridized carbons (Fsp3) is 0.222. The number of carbonyl (C=O) groups excluding carboxylic acids is 1. The van der Waals surface area contributed by atoms with Crippen LogP contribution in [0.5, 0.6) is 11.5 Å². The molecule has 0 aliphatic rings. The third-order valence-electron chi connectivity index (χ3n) is 4.19. The first-order valence-electron chi connectivity index (χ1n) is 7.65. The van der Waals surface area contributed by atoms with Gasteiger partial charge in [0.25, 0.3) is 5.91 Å². The van der Waals surface area contributed by atoms with Crippen molar-refractivity contribution in [1.29, 1.82) is 0 Å². The Morgan fingerprint density at radius 1 is 0.960 bits per heavy atom. The number of imidazole rings is 1. The van der Waals surface area contributed by atoms with Gasteiger partial charge < -0.3 is 14.8 Å². The van der Waals surface area contributed by atoms with E-state index >= 15 is 0 Å². The number of nitrogens with one attached hydrogen (secondary N) is 1. The smallest absolute Gasteiger partial charge is 0.328 e. The largest absolute Gasteiger partial charge is 0.497 e. The van der Waals surface area contributed by atoms with Gasteiger partial charge in [-0.05, 0) is 30.3 Å². The molecule has 2 aromatic carbocycles. The predicted molar refractivity (Wildman–Crippen MR) is 95.7 cm³/mol. The number of aryl methyl sites for hydroxylation is 2. The number of rotatable bonds is 4. The molecular formula is C18H19N3O4. The van der Waals surface area contributed by atoms with Crippen LogP contribution in [0.25, 0.3) is 11.0 Å². The molecule has 0 unspecified atom stereocenters. The minimum absolute atomic E-state index is 0.137. The van der Waals surface area contributed by atoms with Crippen LogP contribution < -0.4 is 20.5 Å². The maximum atomic E-state index is 12.6. The molecule has 0 aliphatic carbocycles. The number of carbonyl (C=O) groups is 1. The highest BCUT2D eigenvalue weighted by molar-refractivity contribution is 6.06. The monoisotopic (exact) mass is 341 g/mol. The first-order chi connectivity index (χ1) is 12.0. The number of hydrogen-bond acceptors (Lipinski definition) is 4. The lowest BCUT2D eigenvalue weighted by atomic mass is 10.1. The molecule has 1 heterocycles. The lowest BCUT2D eigenvalue weighted by molar-refractivity contribution is 0.102. The summed E-state index contributed by atoms with van der Waals surface area (Å²) in [7, 11) is 6.46. The highest BCUT2D eigenvalue weighted by Crippen LogP contribution is 2.29. The number of anilines is 1. The molecule has 130 valence electrons. The van der Waals surface area contributed by atoms with Gasteiger partial charge in [-0.25, -0.2) is 4.79 Å². The number of hydrogen-bond donors (Lipinski definition) is 1. The maximum Gasteiger partial charge on any atom is 0.328 e. The van der Waals surface area contributed by atoms with Crippen LogP contribution in [0.2, 0.25) is 0 Å². The van der Waals surface area contributed by atoms with Crippen LogP contribution in [0.3, 0.4) is 0 Å². The van der Waals surface area contributed by atoms with Crippen molar-refractivity contribution in [1.82, 2.24) is 9.13 Å². The number of methoxy groups -OCH3 is 2. The topological polar surface area (TPSA) is 74.5 Å². The van der Waals surface area contributed by atoms with Crippen molar-refractivity contribution in [2.75, 3.05) is 19.5 Å². The summed E-state index contributed by atoms with van der Waals surface area (Å²) in [6, 6.07) is 10.3. The van der Waals surface area contributed by atoms with Crippen LogP contribution >= 0.6 is 0 Å². The third-order valence-corrected chi connectivity index (χ3v) is 4.19. The van der Waals surface area contributed by atoms with E-state index in [9.17, 15) is 9.59 Å². The normalized spacial score (nSPS) is 10.7. The average molecular weight is 341 g/mol. The van der Waals surface area contributed by atoms with Gasteiger partial charge in [-0.2, -0.15) is 0 Å². The minimum atomic E-state index is -0.301. The molecule has 0 saturated carbocycles. The fourth-order valence-corrected chi connectivity index (χ4v) is 2.75. The summed E-state index contributed by atoms with van der Waals surface area (Å²) in [5, 5.41) is 2.82. The van der Waals surface area contributed by atoms with E-state index in [0.717, 1.165) is 5.52 Å². The molecule has 25 heavy (non-hydrogen) atoms. The van der Waals surface area contributed by atoms with E-state index < -0.39 is 0 Å². The van der Waals surface area contributed by atoms with E-state index in [4.69, 9.17) is 9.47 Å². The Balaban J connectivity index is 1.98. The molecule has 0 radical (unpaired) electrons. The number of amides is 1. The summed E-state index contributed by atoms with van der Waals surface area (Å²) < 4.78 is 13.5. The number of fused-ring (bicyclic) bond motifs is 1. The SMILES string of the molecule is COc1ccc(OC)c(NC(=O)c2ccc3c(c2)n(C)c(=O)n3C)c1. The lowest BCUT2D eigenvalue weighted by Gasteiger charge is -2.12. The van der Waals surface area contributed by atoms with Gasteiger partial charge >= 0.3 is 5.69 Å². The molecule has 0 fully saturated rings. The van der Waals surface area contributed by atoms with Crippen LogP contribution in [-0.4, -0.2) is 29.3 Å². The first-order valence-corrected chi connectivity index (χ1v) is 7.65. The van der Waals surface area contributed by atoms with Gasteiger partial charge in [0.1, 0.15) is 11.5 Å². The average Bonchev–Trinajstić information content (AvgIpc) is 2.85. The van der Waals surface area contributed by atoms with E-state index in [1.54, 1.807) is 62.2 Å². The molecule has 3 rings (SSSR count). The summed E-state index contributed by atoms with van der Waals surface area (Å²) in [4.78, 5) is 24.6. The number of aromatic nitrogens is 2. The molecule has 7 heteroatoms. The van der Waals surface area contributed by atoms with E-state index in [0.29, 0.717) is 28.3 Å². The van der Waals surface area contributed by atoms with Gasteiger partial charge in [-0.3, -0.25) is 13.9 Å². The summed E-state index contributed by atoms with van der Waals surface area (Å²) >= 11 is 0. The molecule has 3 aromatic rings. The quantitative estimate of drug-likeness (QED) is 0.789. The van der Waals surface area contributed by atoms with Crippen LogP contribution in [-0.2, 0) is 14.1 Å². The zero-order valence-electron chi connectivity index (χ0n) is 14.5. The van der Waals surface area contributed by atoms with Crippen LogP contribution in [0.1, 0.15) is 10.4 Å². The summed E-state index contributed by atoms with van der Waals surface area (Å²) in [5.74, 6) is 0.837. The molecule has 0 spiro atoms. The molecule has 1 N–H and O–H groups in total. The zero-order chi connectivity index (χ0) is 18.1. The van der Waals surface area contributed by atoms with Crippen molar-refractivity contribution >= 4 is 22.6 Å². The van der Waals surface area contributed by atoms with Gasteiger partial charge in [-0.1, -0.05) is 0 Å². The molecular weight excluding hydrogens is 322 g/mol. The highest BCUT2D eigenvalue weighted by atomic mass is 16.5.